The first-order chi connectivity index (χ1) is 9.02. The van der Waals surface area contributed by atoms with Crippen LogP contribution in [0.2, 0.25) is 0 Å². The number of amides is 1. The fraction of sp³-hybridized carbons (Fsp3) is 0.417. The lowest BCUT2D eigenvalue weighted by Crippen LogP contribution is -2.32. The molecule has 0 spiro atoms. The van der Waals surface area contributed by atoms with Crippen molar-refractivity contribution in [1.82, 2.24) is 4.90 Å². The Bertz CT molecular complexity index is 479. The molecule has 7 heteroatoms. The van der Waals surface area contributed by atoms with Crippen molar-refractivity contribution >= 4 is 27.5 Å². The highest BCUT2D eigenvalue weighted by molar-refractivity contribution is 9.10. The SMILES string of the molecule is CCN(CCCO)C(=O)c1cccc([N+](=O)[O-])c1Br. The zero-order valence-corrected chi connectivity index (χ0v) is 12.1. The van der Waals surface area contributed by atoms with Crippen molar-refractivity contribution in [3.8, 4) is 0 Å². The van der Waals surface area contributed by atoms with Gasteiger partial charge in [-0.3, -0.25) is 14.9 Å². The number of benzene rings is 1. The van der Waals surface area contributed by atoms with Gasteiger partial charge in [-0.15, -0.1) is 0 Å². The Balaban J connectivity index is 3.04. The molecule has 0 aliphatic carbocycles. The molecule has 1 aromatic carbocycles. The van der Waals surface area contributed by atoms with Crippen LogP contribution >= 0.6 is 15.9 Å². The monoisotopic (exact) mass is 330 g/mol. The Labute approximate surface area is 119 Å². The third kappa shape index (κ3) is 3.74. The maximum absolute atomic E-state index is 12.3. The van der Waals surface area contributed by atoms with Crippen LogP contribution in [0.25, 0.3) is 0 Å². The first kappa shape index (κ1) is 15.6. The van der Waals surface area contributed by atoms with Gasteiger partial charge in [-0.2, -0.15) is 0 Å². The molecule has 0 bridgehead atoms. The molecule has 0 saturated carbocycles. The van der Waals surface area contributed by atoms with E-state index in [1.165, 1.54) is 12.1 Å². The minimum atomic E-state index is -0.537. The Hall–Kier alpha value is -1.47. The number of carbonyl (C=O) groups excluding carboxylic acids is 1. The van der Waals surface area contributed by atoms with Crippen LogP contribution in [-0.4, -0.2) is 40.5 Å². The van der Waals surface area contributed by atoms with Gasteiger partial charge < -0.3 is 10.0 Å². The second kappa shape index (κ2) is 7.20. The molecule has 0 heterocycles. The number of nitrogens with zero attached hydrogens (tertiary/aromatic N) is 2. The summed E-state index contributed by atoms with van der Waals surface area (Å²) in [5, 5.41) is 19.6. The van der Waals surface area contributed by atoms with E-state index >= 15 is 0 Å². The second-order valence-electron chi connectivity index (χ2n) is 3.86. The molecule has 0 aliphatic rings. The lowest BCUT2D eigenvalue weighted by molar-refractivity contribution is -0.385. The molecule has 0 saturated heterocycles. The molecule has 1 aromatic rings. The molecular weight excluding hydrogens is 316 g/mol. The minimum absolute atomic E-state index is 0.000112. The predicted octanol–water partition coefficient (Wildman–Crippen LogP) is 2.20. The summed E-state index contributed by atoms with van der Waals surface area (Å²) >= 11 is 3.11. The van der Waals surface area contributed by atoms with Gasteiger partial charge in [0.15, 0.2) is 0 Å². The maximum atomic E-state index is 12.3. The Morgan fingerprint density at radius 3 is 2.74 bits per heavy atom. The Kier molecular flexibility index (Phi) is 5.91. The van der Waals surface area contributed by atoms with E-state index in [0.717, 1.165) is 0 Å². The molecular formula is C12H15BrN2O4. The quantitative estimate of drug-likeness (QED) is 0.640. The Morgan fingerprint density at radius 1 is 1.53 bits per heavy atom. The summed E-state index contributed by atoms with van der Waals surface area (Å²) in [4.78, 5) is 24.1. The van der Waals surface area contributed by atoms with Crippen LogP contribution in [0.1, 0.15) is 23.7 Å². The van der Waals surface area contributed by atoms with Crippen LogP contribution in [-0.2, 0) is 0 Å². The normalized spacial score (nSPS) is 10.3. The summed E-state index contributed by atoms with van der Waals surface area (Å²) in [7, 11) is 0. The van der Waals surface area contributed by atoms with Crippen LogP contribution in [0.5, 0.6) is 0 Å². The van der Waals surface area contributed by atoms with E-state index < -0.39 is 4.92 Å². The molecule has 0 atom stereocenters. The molecule has 19 heavy (non-hydrogen) atoms. The van der Waals surface area contributed by atoms with Gasteiger partial charge in [-0.1, -0.05) is 6.07 Å². The minimum Gasteiger partial charge on any atom is -0.396 e. The number of rotatable bonds is 6. The van der Waals surface area contributed by atoms with E-state index in [1.807, 2.05) is 6.92 Å². The lowest BCUT2D eigenvalue weighted by atomic mass is 10.1. The molecule has 0 aromatic heterocycles. The van der Waals surface area contributed by atoms with Crippen molar-refractivity contribution in [2.45, 2.75) is 13.3 Å². The van der Waals surface area contributed by atoms with Gasteiger partial charge in [0, 0.05) is 25.8 Å². The number of hydrogen-bond donors (Lipinski definition) is 1. The number of aliphatic hydroxyl groups is 1. The number of carbonyl (C=O) groups is 1. The smallest absolute Gasteiger partial charge is 0.284 e. The van der Waals surface area contributed by atoms with Gasteiger partial charge in [0.25, 0.3) is 11.6 Å². The first-order valence-electron chi connectivity index (χ1n) is 5.86. The van der Waals surface area contributed by atoms with E-state index in [-0.39, 0.29) is 28.2 Å². The van der Waals surface area contributed by atoms with Crippen LogP contribution in [0.4, 0.5) is 5.69 Å². The van der Waals surface area contributed by atoms with Gasteiger partial charge in [-0.05, 0) is 35.3 Å². The fourth-order valence-corrected chi connectivity index (χ4v) is 2.24. The molecule has 0 aliphatic heterocycles. The van der Waals surface area contributed by atoms with E-state index in [0.29, 0.717) is 19.5 Å². The zero-order valence-electron chi connectivity index (χ0n) is 10.5. The van der Waals surface area contributed by atoms with E-state index in [1.54, 1.807) is 11.0 Å². The van der Waals surface area contributed by atoms with Gasteiger partial charge in [0.1, 0.15) is 4.47 Å². The molecule has 1 N–H and O–H groups in total. The van der Waals surface area contributed by atoms with Gasteiger partial charge in [0.05, 0.1) is 10.5 Å². The van der Waals surface area contributed by atoms with E-state index in [4.69, 9.17) is 5.11 Å². The van der Waals surface area contributed by atoms with Crippen molar-refractivity contribution in [1.29, 1.82) is 0 Å². The number of hydrogen-bond acceptors (Lipinski definition) is 4. The standard InChI is InChI=1S/C12H15BrN2O4/c1-2-14(7-4-8-16)12(17)9-5-3-6-10(11(9)13)15(18)19/h3,5-6,16H,2,4,7-8H2,1H3. The average Bonchev–Trinajstić information content (AvgIpc) is 2.39. The molecule has 0 unspecified atom stereocenters. The maximum Gasteiger partial charge on any atom is 0.284 e. The summed E-state index contributed by atoms with van der Waals surface area (Å²) in [6, 6.07) is 4.36. The number of nitro groups is 1. The summed E-state index contributed by atoms with van der Waals surface area (Å²) in [5.74, 6) is -0.286. The third-order valence-corrected chi connectivity index (χ3v) is 3.49. The van der Waals surface area contributed by atoms with E-state index in [2.05, 4.69) is 15.9 Å². The van der Waals surface area contributed by atoms with Crippen LogP contribution in [0, 0.1) is 10.1 Å². The van der Waals surface area contributed by atoms with Crippen molar-refractivity contribution < 1.29 is 14.8 Å². The zero-order chi connectivity index (χ0) is 14.4. The molecule has 1 rings (SSSR count). The second-order valence-corrected chi connectivity index (χ2v) is 4.65. The number of nitro benzene ring substituents is 1. The molecule has 0 radical (unpaired) electrons. The molecule has 1 amide bonds. The lowest BCUT2D eigenvalue weighted by Gasteiger charge is -2.21. The van der Waals surface area contributed by atoms with Crippen molar-refractivity contribution in [2.75, 3.05) is 19.7 Å². The topological polar surface area (TPSA) is 83.7 Å². The Morgan fingerprint density at radius 2 is 2.21 bits per heavy atom. The highest BCUT2D eigenvalue weighted by Crippen LogP contribution is 2.29. The van der Waals surface area contributed by atoms with Gasteiger partial charge in [-0.25, -0.2) is 0 Å². The summed E-state index contributed by atoms with van der Waals surface area (Å²) in [6.45, 7) is 2.72. The van der Waals surface area contributed by atoms with Crippen molar-refractivity contribution in [3.05, 3.63) is 38.3 Å². The predicted molar refractivity (Wildman–Crippen MR) is 74.1 cm³/mol. The molecule has 0 fully saturated rings. The van der Waals surface area contributed by atoms with Crippen LogP contribution < -0.4 is 0 Å². The highest BCUT2D eigenvalue weighted by atomic mass is 79.9. The van der Waals surface area contributed by atoms with Crippen LogP contribution in [0.15, 0.2) is 22.7 Å². The van der Waals surface area contributed by atoms with E-state index in [9.17, 15) is 14.9 Å². The van der Waals surface area contributed by atoms with Gasteiger partial charge >= 0.3 is 0 Å². The number of halogens is 1. The highest BCUT2D eigenvalue weighted by Gasteiger charge is 2.22. The molecule has 6 nitrogen and oxygen atoms in total. The van der Waals surface area contributed by atoms with Crippen molar-refractivity contribution in [2.24, 2.45) is 0 Å². The summed E-state index contributed by atoms with van der Waals surface area (Å²) in [5.41, 5.74) is 0.123. The number of aliphatic hydroxyl groups excluding tert-OH is 1. The van der Waals surface area contributed by atoms with Gasteiger partial charge in [0.2, 0.25) is 0 Å². The van der Waals surface area contributed by atoms with Crippen molar-refractivity contribution in [3.63, 3.8) is 0 Å². The largest absolute Gasteiger partial charge is 0.396 e. The summed E-state index contributed by atoms with van der Waals surface area (Å²) < 4.78 is 0.187. The molecule has 104 valence electrons. The average molecular weight is 331 g/mol. The fourth-order valence-electron chi connectivity index (χ4n) is 1.66. The third-order valence-electron chi connectivity index (χ3n) is 2.66. The summed E-state index contributed by atoms with van der Waals surface area (Å²) in [6.07, 6.45) is 0.478. The van der Waals surface area contributed by atoms with Crippen LogP contribution in [0.3, 0.4) is 0 Å². The first-order valence-corrected chi connectivity index (χ1v) is 6.65.